The van der Waals surface area contributed by atoms with Crippen molar-refractivity contribution in [2.24, 2.45) is 0 Å². The zero-order chi connectivity index (χ0) is 22.1. The fraction of sp³-hybridized carbons (Fsp3) is 0.174. The predicted molar refractivity (Wildman–Crippen MR) is 112 cm³/mol. The van der Waals surface area contributed by atoms with Gasteiger partial charge >= 0.3 is 5.91 Å². The van der Waals surface area contributed by atoms with Crippen LogP contribution in [0.2, 0.25) is 0 Å². The molecule has 3 aromatic rings. The molecule has 0 unspecified atom stereocenters. The van der Waals surface area contributed by atoms with Crippen molar-refractivity contribution in [2.75, 3.05) is 19.1 Å². The van der Waals surface area contributed by atoms with Gasteiger partial charge in [0.25, 0.3) is 5.78 Å². The Morgan fingerprint density at radius 2 is 1.81 bits per heavy atom. The molecule has 0 aliphatic carbocycles. The molecule has 2 aromatic carbocycles. The molecule has 158 valence electrons. The number of Topliss-reactive ketones (excluding diaryl/α,β-unsaturated/α-hetero) is 1. The number of hydrogen-bond donors (Lipinski definition) is 1. The van der Waals surface area contributed by atoms with Crippen LogP contribution in [0, 0.1) is 6.92 Å². The predicted octanol–water partition coefficient (Wildman–Crippen LogP) is 3.63. The van der Waals surface area contributed by atoms with E-state index in [2.05, 4.69) is 5.16 Å². The van der Waals surface area contributed by atoms with Gasteiger partial charge in [-0.25, -0.2) is 0 Å². The molecule has 8 heteroatoms. The highest BCUT2D eigenvalue weighted by Gasteiger charge is 2.49. The first-order chi connectivity index (χ1) is 15.0. The number of amides is 1. The van der Waals surface area contributed by atoms with E-state index in [9.17, 15) is 14.7 Å². The van der Waals surface area contributed by atoms with E-state index in [1.165, 1.54) is 19.1 Å². The van der Waals surface area contributed by atoms with Crippen LogP contribution >= 0.6 is 0 Å². The van der Waals surface area contributed by atoms with Gasteiger partial charge in [0.05, 0.1) is 19.8 Å². The van der Waals surface area contributed by atoms with Crippen molar-refractivity contribution in [3.8, 4) is 11.5 Å². The van der Waals surface area contributed by atoms with E-state index in [1.807, 2.05) is 0 Å². The monoisotopic (exact) mass is 420 g/mol. The molecule has 1 aromatic heterocycles. The number of ether oxygens (including phenoxy) is 2. The Kier molecular flexibility index (Phi) is 5.21. The lowest BCUT2D eigenvalue weighted by molar-refractivity contribution is -0.132. The molecule has 1 atom stereocenters. The molecule has 1 amide bonds. The molecule has 1 N–H and O–H groups in total. The van der Waals surface area contributed by atoms with Crippen molar-refractivity contribution < 1.29 is 28.7 Å². The van der Waals surface area contributed by atoms with Crippen LogP contribution in [0.15, 0.2) is 64.7 Å². The summed E-state index contributed by atoms with van der Waals surface area (Å²) >= 11 is 0. The molecule has 1 fully saturated rings. The molecule has 0 radical (unpaired) electrons. The van der Waals surface area contributed by atoms with Crippen LogP contribution in [-0.4, -0.2) is 36.2 Å². The number of benzene rings is 2. The summed E-state index contributed by atoms with van der Waals surface area (Å²) in [6.07, 6.45) is 0. The first-order valence-electron chi connectivity index (χ1n) is 9.48. The molecule has 8 nitrogen and oxygen atoms in total. The molecule has 0 spiro atoms. The van der Waals surface area contributed by atoms with Crippen LogP contribution in [0.1, 0.15) is 22.9 Å². The summed E-state index contributed by atoms with van der Waals surface area (Å²) in [5.41, 5.74) is 0.784. The van der Waals surface area contributed by atoms with Crippen molar-refractivity contribution in [1.82, 2.24) is 5.16 Å². The van der Waals surface area contributed by atoms with E-state index in [4.69, 9.17) is 14.0 Å². The van der Waals surface area contributed by atoms with E-state index < -0.39 is 17.7 Å². The van der Waals surface area contributed by atoms with Gasteiger partial charge in [-0.1, -0.05) is 47.6 Å². The van der Waals surface area contributed by atoms with Crippen molar-refractivity contribution in [3.05, 3.63) is 77.1 Å². The number of hydrogen-bond acceptors (Lipinski definition) is 7. The molecule has 1 saturated heterocycles. The smallest absolute Gasteiger partial charge is 0.301 e. The molecule has 31 heavy (non-hydrogen) atoms. The number of aliphatic hydroxyl groups excluding tert-OH is 1. The van der Waals surface area contributed by atoms with Crippen molar-refractivity contribution >= 4 is 23.3 Å². The lowest BCUT2D eigenvalue weighted by Crippen LogP contribution is -2.30. The molecular formula is C23H20N2O6. The third-order valence-electron chi connectivity index (χ3n) is 5.08. The van der Waals surface area contributed by atoms with Gasteiger partial charge in [-0.3, -0.25) is 14.5 Å². The van der Waals surface area contributed by atoms with E-state index >= 15 is 0 Å². The molecule has 0 bridgehead atoms. The number of aromatic nitrogens is 1. The first kappa shape index (κ1) is 20.2. The summed E-state index contributed by atoms with van der Waals surface area (Å²) in [5, 5.41) is 15.0. The topological polar surface area (TPSA) is 102 Å². The van der Waals surface area contributed by atoms with Crippen LogP contribution < -0.4 is 14.4 Å². The second kappa shape index (κ2) is 7.98. The maximum Gasteiger partial charge on any atom is 0.301 e. The second-order valence-corrected chi connectivity index (χ2v) is 6.91. The van der Waals surface area contributed by atoms with Gasteiger partial charge in [0, 0.05) is 17.2 Å². The van der Waals surface area contributed by atoms with Crippen LogP contribution in [0.3, 0.4) is 0 Å². The molecule has 1 aliphatic heterocycles. The van der Waals surface area contributed by atoms with Gasteiger partial charge < -0.3 is 19.1 Å². The maximum atomic E-state index is 13.1. The minimum Gasteiger partial charge on any atom is -0.507 e. The standard InChI is InChI=1S/C23H20N2O6/c1-13-12-17(24-31-13)25-19(15-10-7-11-16(29-2)22(15)30-3)18(21(27)23(25)28)20(26)14-8-5-4-6-9-14/h4-12,19,26H,1-3H3/b20-18+/t19-/m0/s1. The van der Waals surface area contributed by atoms with E-state index in [1.54, 1.807) is 61.5 Å². The van der Waals surface area contributed by atoms with E-state index in [-0.39, 0.29) is 17.2 Å². The molecule has 1 aliphatic rings. The van der Waals surface area contributed by atoms with Crippen LogP contribution in [-0.2, 0) is 9.59 Å². The average molecular weight is 420 g/mol. The number of carbonyl (C=O) groups is 2. The highest BCUT2D eigenvalue weighted by Crippen LogP contribution is 2.46. The Balaban J connectivity index is 2.01. The van der Waals surface area contributed by atoms with Crippen molar-refractivity contribution in [1.29, 1.82) is 0 Å². The number of rotatable bonds is 5. The zero-order valence-electron chi connectivity index (χ0n) is 17.2. The third kappa shape index (κ3) is 3.31. The number of methoxy groups -OCH3 is 2. The number of carbonyl (C=O) groups excluding carboxylic acids is 2. The summed E-state index contributed by atoms with van der Waals surface area (Å²) in [7, 11) is 2.95. The lowest BCUT2D eigenvalue weighted by atomic mass is 9.94. The Bertz CT molecular complexity index is 1180. The van der Waals surface area contributed by atoms with Crippen LogP contribution in [0.5, 0.6) is 11.5 Å². The Morgan fingerprint density at radius 3 is 2.42 bits per heavy atom. The average Bonchev–Trinajstić information content (AvgIpc) is 3.33. The minimum atomic E-state index is -1.00. The summed E-state index contributed by atoms with van der Waals surface area (Å²) in [4.78, 5) is 27.4. The van der Waals surface area contributed by atoms with Gasteiger partial charge in [-0.15, -0.1) is 0 Å². The number of ketones is 1. The molecule has 4 rings (SSSR count). The van der Waals surface area contributed by atoms with Crippen molar-refractivity contribution in [2.45, 2.75) is 13.0 Å². The summed E-state index contributed by atoms with van der Waals surface area (Å²) in [5.74, 6) is -0.588. The van der Waals surface area contributed by atoms with Gasteiger partial charge in [0.15, 0.2) is 17.3 Å². The van der Waals surface area contributed by atoms with Gasteiger partial charge in [-0.05, 0) is 13.0 Å². The quantitative estimate of drug-likeness (QED) is 0.382. The highest BCUT2D eigenvalue weighted by molar-refractivity contribution is 6.51. The first-order valence-corrected chi connectivity index (χ1v) is 9.48. The summed E-state index contributed by atoms with van der Waals surface area (Å²) in [6.45, 7) is 1.68. The fourth-order valence-electron chi connectivity index (χ4n) is 3.71. The van der Waals surface area contributed by atoms with Crippen molar-refractivity contribution in [3.63, 3.8) is 0 Å². The third-order valence-corrected chi connectivity index (χ3v) is 5.08. The number of nitrogens with zero attached hydrogens (tertiary/aromatic N) is 2. The minimum absolute atomic E-state index is 0.0802. The molecule has 0 saturated carbocycles. The summed E-state index contributed by atoms with van der Waals surface area (Å²) in [6, 6.07) is 14.2. The Morgan fingerprint density at radius 1 is 1.06 bits per heavy atom. The van der Waals surface area contributed by atoms with Gasteiger partial charge in [-0.2, -0.15) is 0 Å². The molecule has 2 heterocycles. The number of para-hydroxylation sites is 1. The Hall–Kier alpha value is -4.07. The second-order valence-electron chi connectivity index (χ2n) is 6.91. The van der Waals surface area contributed by atoms with Gasteiger partial charge in [0.2, 0.25) is 0 Å². The van der Waals surface area contributed by atoms with E-state index in [0.29, 0.717) is 28.4 Å². The zero-order valence-corrected chi connectivity index (χ0v) is 17.2. The highest BCUT2D eigenvalue weighted by atomic mass is 16.5. The normalized spacial score (nSPS) is 17.8. The SMILES string of the molecule is COc1cccc([C@H]2/C(=C(\O)c3ccccc3)C(=O)C(=O)N2c2cc(C)on2)c1OC. The van der Waals surface area contributed by atoms with Crippen LogP contribution in [0.4, 0.5) is 5.82 Å². The summed E-state index contributed by atoms with van der Waals surface area (Å²) < 4.78 is 16.1. The number of anilines is 1. The Labute approximate surface area is 178 Å². The molecular weight excluding hydrogens is 400 g/mol. The largest absolute Gasteiger partial charge is 0.507 e. The lowest BCUT2D eigenvalue weighted by Gasteiger charge is -2.25. The number of aryl methyl sites for hydroxylation is 1. The van der Waals surface area contributed by atoms with Crippen LogP contribution in [0.25, 0.3) is 5.76 Å². The fourth-order valence-corrected chi connectivity index (χ4v) is 3.71. The maximum absolute atomic E-state index is 13.1. The van der Waals surface area contributed by atoms with Gasteiger partial charge in [0.1, 0.15) is 17.6 Å². The van der Waals surface area contributed by atoms with E-state index in [0.717, 1.165) is 0 Å². The number of aliphatic hydroxyl groups is 1.